The number of sulfonamides is 3. The van der Waals surface area contributed by atoms with Crippen molar-refractivity contribution in [3.8, 4) is 0 Å². The smallest absolute Gasteiger partial charge is 0.372 e. The standard InChI is InChI=1S/C23H33F3NO3S2.C23H30NO2S.C21H34NO3S2.C15H22NO3S2.C15H19O2S.C15H21O2S/c1-22(2,3)21(31-15-13-27(14-16-31)32(29,30)23(24,25)26)20(28)19-11-9-18(10-12-19)17-7-5-4-6-8-17;1-16-10-11-20(19-9-7-6-8-18(16)19)21(26)22(23(3,4)5)27-14-12-24(13-15-27)17(2)25;1-6-7-16-27(24,25)22-12-14-26(15-13-22)20(21(3,4)5)19(23)18-10-8-17(2)9-11-18;1-15(2,14(17)13-7-5-4-6-8-13)20-11-9-16(10-12-20)21(3,18)19;1-11-2-4-13-12(10-11)3-5-14(15(13)16)18-8-6-17-7-9-18;1-3-14(18-10-8-17-9-11-18)15(16)13-6-4-12(2)5-7-13/h9-12,17,21H,4-8,13-16H2,1-3H3;6-11,22H,12-15H2,1-5H3;8-11,20H,6-7,12-16H2,1-5H3;4-8H,9-12H2,1-3H3;2,4,10,14H,3,5-9H2,1H3;4-7,14H,3,8-11H2,1-2H3/q6*+1. The first-order valence-electron chi connectivity index (χ1n) is 50.8. The molecule has 1 saturated carbocycles. The molecular weight excluding hydrogens is 1990 g/mol. The number of hydrogen-bond donors (Lipinski definition) is 0. The van der Waals surface area contributed by atoms with E-state index in [1.807, 2.05) is 188 Å². The van der Waals surface area contributed by atoms with E-state index in [2.05, 4.69) is 92.6 Å². The number of fused-ring (bicyclic) bond motifs is 2. The Morgan fingerprint density at radius 2 is 0.895 bits per heavy atom. The summed E-state index contributed by atoms with van der Waals surface area (Å²) in [5.74, 6) is 12.0. The van der Waals surface area contributed by atoms with E-state index in [9.17, 15) is 72.0 Å². The van der Waals surface area contributed by atoms with Gasteiger partial charge in [0, 0.05) is 128 Å². The molecule has 0 spiro atoms. The molecule has 2 aliphatic carbocycles. The monoisotopic (exact) mass is 2140 g/mol. The van der Waals surface area contributed by atoms with E-state index in [1.165, 1.54) is 70.5 Å². The van der Waals surface area contributed by atoms with Gasteiger partial charge in [0.25, 0.3) is 0 Å². The largest absolute Gasteiger partial charge is 0.511 e. The molecule has 5 unspecified atom stereocenters. The van der Waals surface area contributed by atoms with Gasteiger partial charge in [-0.05, 0) is 107 Å². The van der Waals surface area contributed by atoms with E-state index in [4.69, 9.17) is 9.47 Å². The van der Waals surface area contributed by atoms with E-state index in [0.29, 0.717) is 60.0 Å². The van der Waals surface area contributed by atoms with Crippen molar-refractivity contribution in [3.05, 3.63) is 224 Å². The van der Waals surface area contributed by atoms with Crippen LogP contribution in [0.25, 0.3) is 10.8 Å². The van der Waals surface area contributed by atoms with Gasteiger partial charge in [-0.3, -0.25) is 33.6 Å². The third-order valence-electron chi connectivity index (χ3n) is 28.2. The molecule has 7 aromatic carbocycles. The first kappa shape index (κ1) is 119. The molecule has 6 aliphatic heterocycles. The minimum absolute atomic E-state index is 0.00292. The second-order valence-corrected chi connectivity index (χ2v) is 63.3. The number of aryl methyl sites for hydroxylation is 5. The number of carbonyl (C=O) groups is 7. The summed E-state index contributed by atoms with van der Waals surface area (Å²) in [6.07, 6.45) is 12.0. The van der Waals surface area contributed by atoms with Crippen LogP contribution in [-0.2, 0) is 116 Å². The molecule has 6 heterocycles. The number of hydrogen-bond acceptors (Lipinski definition) is 15. The Labute approximate surface area is 870 Å². The zero-order valence-corrected chi connectivity index (χ0v) is 95.3. The Hall–Kier alpha value is -6.17. The maximum Gasteiger partial charge on any atom is 0.511 e. The molecule has 0 N–H and O–H groups in total. The molecular formula is C112H159F3N4O15S9+6. The van der Waals surface area contributed by atoms with Crippen LogP contribution in [0.2, 0.25) is 0 Å². The maximum absolute atomic E-state index is 13.8. The zero-order valence-electron chi connectivity index (χ0n) is 87.9. The number of Topliss-reactive ketones (excluding diaryl/α,β-unsaturated/α-hetero) is 6. The molecule has 7 fully saturated rings. The third-order valence-corrected chi connectivity index (χ3v) is 50.4. The van der Waals surface area contributed by atoms with Gasteiger partial charge < -0.3 is 14.4 Å². The van der Waals surface area contributed by atoms with E-state index in [1.54, 1.807) is 11.2 Å². The van der Waals surface area contributed by atoms with Gasteiger partial charge in [0.1, 0.15) is 69.0 Å². The van der Waals surface area contributed by atoms with Gasteiger partial charge in [0.2, 0.25) is 60.7 Å². The molecule has 0 aromatic heterocycles. The Morgan fingerprint density at radius 3 is 1.36 bits per heavy atom. The number of halogens is 3. The number of nitrogens with zero attached hydrogens (tertiary/aromatic N) is 4. The van der Waals surface area contributed by atoms with Crippen LogP contribution in [-0.4, -0.2) is 280 Å². The predicted octanol–water partition coefficient (Wildman–Crippen LogP) is 19.3. The van der Waals surface area contributed by atoms with Crippen LogP contribution in [0.4, 0.5) is 13.2 Å². The zero-order chi connectivity index (χ0) is 105. The lowest BCUT2D eigenvalue weighted by Crippen LogP contribution is -2.54. The van der Waals surface area contributed by atoms with E-state index in [-0.39, 0.29) is 156 Å². The summed E-state index contributed by atoms with van der Waals surface area (Å²) >= 11 is 0. The number of benzene rings is 7. The molecule has 0 radical (unpaired) electrons. The average molecular weight is 2150 g/mol. The topological polar surface area (TPSA) is 253 Å². The average Bonchev–Trinajstić information content (AvgIpc) is 0.764. The molecule has 786 valence electrons. The first-order valence-corrected chi connectivity index (χ1v) is 65.4. The van der Waals surface area contributed by atoms with E-state index < -0.39 is 51.2 Å². The van der Waals surface area contributed by atoms with Gasteiger partial charge in [0.05, 0.1) is 90.8 Å². The molecule has 7 aromatic rings. The highest BCUT2D eigenvalue weighted by Gasteiger charge is 2.56. The van der Waals surface area contributed by atoms with Crippen molar-refractivity contribution in [1.29, 1.82) is 0 Å². The maximum atomic E-state index is 13.8. The second-order valence-electron chi connectivity index (χ2n) is 42.5. The molecule has 5 atom stereocenters. The lowest BCUT2D eigenvalue weighted by Gasteiger charge is -2.34. The van der Waals surface area contributed by atoms with Crippen molar-refractivity contribution in [2.75, 3.05) is 160 Å². The molecule has 0 bridgehead atoms. The summed E-state index contributed by atoms with van der Waals surface area (Å²) < 4.78 is 124. The summed E-state index contributed by atoms with van der Waals surface area (Å²) in [5, 5.41) is 2.23. The minimum atomic E-state index is -5.32. The van der Waals surface area contributed by atoms with Crippen molar-refractivity contribution >= 4 is 147 Å². The fourth-order valence-corrected chi connectivity index (χ4v) is 40.5. The van der Waals surface area contributed by atoms with Crippen LogP contribution in [0, 0.1) is 43.9 Å². The normalized spacial score (nSPS) is 19.7. The predicted molar refractivity (Wildman–Crippen MR) is 597 cm³/mol. The minimum Gasteiger partial charge on any atom is -0.372 e. The third kappa shape index (κ3) is 32.4. The number of ether oxygens (including phenoxy) is 2. The molecule has 1 amide bonds. The molecule has 31 heteroatoms. The van der Waals surface area contributed by atoms with Crippen LogP contribution in [0.5, 0.6) is 0 Å². The Morgan fingerprint density at radius 1 is 0.455 bits per heavy atom. The molecule has 15 rings (SSSR count). The van der Waals surface area contributed by atoms with Crippen molar-refractivity contribution < 1.29 is 81.5 Å². The van der Waals surface area contributed by atoms with Gasteiger partial charge in [-0.2, -0.15) is 26.1 Å². The van der Waals surface area contributed by atoms with E-state index >= 15 is 0 Å². The molecule has 143 heavy (non-hydrogen) atoms. The summed E-state index contributed by atoms with van der Waals surface area (Å²) in [7, 11) is -11.8. The fraction of sp³-hybridized carbons (Fsp3) is 0.580. The van der Waals surface area contributed by atoms with Crippen LogP contribution in [0.3, 0.4) is 0 Å². The Bertz CT molecular complexity index is 5730. The van der Waals surface area contributed by atoms with Crippen molar-refractivity contribution in [3.63, 3.8) is 0 Å². The van der Waals surface area contributed by atoms with Crippen molar-refractivity contribution in [2.24, 2.45) is 16.2 Å². The van der Waals surface area contributed by atoms with Crippen molar-refractivity contribution in [2.45, 2.75) is 231 Å². The highest BCUT2D eigenvalue weighted by molar-refractivity contribution is 8.00. The fourth-order valence-electron chi connectivity index (χ4n) is 20.2. The van der Waals surface area contributed by atoms with Gasteiger partial charge >= 0.3 is 15.5 Å². The molecule has 19 nitrogen and oxygen atoms in total. The number of unbranched alkanes of at least 4 members (excludes halogenated alkanes) is 1. The van der Waals surface area contributed by atoms with Gasteiger partial charge in [-0.15, -0.1) is 0 Å². The highest BCUT2D eigenvalue weighted by Crippen LogP contribution is 2.41. The first-order chi connectivity index (χ1) is 67.3. The van der Waals surface area contributed by atoms with E-state index in [0.717, 1.165) is 167 Å². The number of rotatable bonds is 24. The number of ketones is 6. The van der Waals surface area contributed by atoms with Crippen molar-refractivity contribution in [1.82, 2.24) is 17.8 Å². The van der Waals surface area contributed by atoms with Crippen LogP contribution < -0.4 is 0 Å². The lowest BCUT2D eigenvalue weighted by atomic mass is 9.83. The second kappa shape index (κ2) is 53.0. The molecule has 6 saturated heterocycles. The van der Waals surface area contributed by atoms with Gasteiger partial charge in [-0.1, -0.05) is 276 Å². The SMILES string of the molecule is CC(=O)N1CC[S+](C(C(=O)c2ccc(C)c3ccccc23)C(C)(C)C)CC1.CC(C)(C(=O)c1ccccc1)[S+]1CCN(S(C)(=O)=O)CC1.CC(C)(C)C(C(=O)c1ccc(C2CCCCC2)cc1)[S+]1CCN(S(=O)(=O)C(F)(F)F)CC1.CCC(C(=O)c1ccc(C)cc1)[S+]1CCOCC1.CCCCS(=O)(=O)N1CC[S+](C(C(=O)c2ccc(C)cc2)C(C)(C)C)CC1.Cc1ccc2c(c1)CCC([S+]1CCOCC1)C2=O. The lowest BCUT2D eigenvalue weighted by molar-refractivity contribution is -0.128. The molecule has 8 aliphatic rings. The summed E-state index contributed by atoms with van der Waals surface area (Å²) in [6, 6.07) is 51.5. The van der Waals surface area contributed by atoms with Gasteiger partial charge in [-0.25, -0.2) is 25.3 Å². The number of amides is 1. The Kier molecular flexibility index (Phi) is 44.0. The summed E-state index contributed by atoms with van der Waals surface area (Å²) in [4.78, 5) is 92.0. The Balaban J connectivity index is 0.000000178. The van der Waals surface area contributed by atoms with Crippen LogP contribution in [0.15, 0.2) is 158 Å². The summed E-state index contributed by atoms with van der Waals surface area (Å²) in [6.45, 7) is 43.4. The quantitative estimate of drug-likeness (QED) is 0.0403. The van der Waals surface area contributed by atoms with Gasteiger partial charge in [0.15, 0.2) is 31.0 Å². The van der Waals surface area contributed by atoms with Crippen LogP contribution >= 0.6 is 0 Å². The number of carbonyl (C=O) groups excluding carboxylic acids is 7. The van der Waals surface area contributed by atoms with Crippen LogP contribution in [0.1, 0.15) is 256 Å². The number of alkyl halides is 3. The highest BCUT2D eigenvalue weighted by atomic mass is 32.2. The summed E-state index contributed by atoms with van der Waals surface area (Å²) in [5.41, 5.74) is 6.23.